The summed E-state index contributed by atoms with van der Waals surface area (Å²) >= 11 is 0. The van der Waals surface area contributed by atoms with Crippen LogP contribution in [0.1, 0.15) is 409 Å². The molecule has 3 N–H and O–H groups in total. The van der Waals surface area contributed by atoms with Gasteiger partial charge in [0.25, 0.3) is 0 Å². The summed E-state index contributed by atoms with van der Waals surface area (Å²) in [5, 5.41) is 10.6. The highest BCUT2D eigenvalue weighted by Gasteiger charge is 2.30. The van der Waals surface area contributed by atoms with E-state index in [1.165, 1.54) is 199 Å². The maximum Gasteiger partial charge on any atom is 0.472 e. The first kappa shape index (κ1) is 97.1. The van der Waals surface area contributed by atoms with Crippen LogP contribution in [0.3, 0.4) is 0 Å². The normalized spacial score (nSPS) is 14.6. The average molecular weight is 1450 g/mol. The van der Waals surface area contributed by atoms with E-state index in [9.17, 15) is 43.2 Å². The molecule has 19 heteroatoms. The number of phosphoric ester groups is 2. The van der Waals surface area contributed by atoms with Gasteiger partial charge in [0.05, 0.1) is 26.4 Å². The van der Waals surface area contributed by atoms with Gasteiger partial charge in [-0.05, 0) is 49.4 Å². The molecule has 0 aromatic rings. The molecule has 0 aromatic carbocycles. The Morgan fingerprint density at radius 2 is 0.485 bits per heavy atom. The van der Waals surface area contributed by atoms with Crippen molar-refractivity contribution in [1.82, 2.24) is 0 Å². The lowest BCUT2D eigenvalue weighted by Crippen LogP contribution is -2.30. The molecule has 588 valence electrons. The molecule has 4 unspecified atom stereocenters. The number of carbonyl (C=O) groups is 4. The molecule has 99 heavy (non-hydrogen) atoms. The first-order chi connectivity index (χ1) is 47.7. The van der Waals surface area contributed by atoms with Crippen LogP contribution in [0.15, 0.2) is 0 Å². The van der Waals surface area contributed by atoms with Crippen LogP contribution in [0.2, 0.25) is 0 Å². The minimum Gasteiger partial charge on any atom is -0.462 e. The predicted octanol–water partition coefficient (Wildman–Crippen LogP) is 23.6. The van der Waals surface area contributed by atoms with E-state index in [1.54, 1.807) is 0 Å². The Kier molecular flexibility index (Phi) is 67.8. The van der Waals surface area contributed by atoms with Crippen LogP contribution in [0, 0.1) is 23.7 Å². The van der Waals surface area contributed by atoms with Crippen LogP contribution >= 0.6 is 15.6 Å². The van der Waals surface area contributed by atoms with Gasteiger partial charge >= 0.3 is 39.5 Å². The van der Waals surface area contributed by atoms with E-state index in [0.29, 0.717) is 31.6 Å². The van der Waals surface area contributed by atoms with Crippen LogP contribution in [0.5, 0.6) is 0 Å². The summed E-state index contributed by atoms with van der Waals surface area (Å²) in [4.78, 5) is 72.9. The second-order valence-corrected chi connectivity index (χ2v) is 33.1. The highest BCUT2D eigenvalue weighted by Crippen LogP contribution is 2.45. The summed E-state index contributed by atoms with van der Waals surface area (Å²) in [5.41, 5.74) is 0. The number of hydrogen-bond acceptors (Lipinski definition) is 15. The summed E-state index contributed by atoms with van der Waals surface area (Å²) in [5.74, 6) is 0.983. The molecule has 0 fully saturated rings. The van der Waals surface area contributed by atoms with Crippen molar-refractivity contribution in [3.8, 4) is 0 Å². The summed E-state index contributed by atoms with van der Waals surface area (Å²) in [6, 6.07) is 0. The standard InChI is InChI=1S/C80H156O17P2/c1-9-72(7)58-50-42-34-28-24-20-15-13-11-12-14-16-21-25-29-35-46-54-63-80(85)97-76(67-91-78(83)61-53-45-39-38-43-51-59-73(8)10-2)69-95-99(88,89)93-65-74(81)64-92-98(86,87)94-68-75(66-90-77(82)60-52-44-37-31-33-41-49-57-71(5)6)96-79(84)62-55-47-36-30-26-22-18-17-19-23-27-32-40-48-56-70(3)4/h70-76,81H,9-69H2,1-8H3,(H,86,87)(H,88,89)/t72?,73?,74-,75-,76-/m1/s1. The molecule has 0 aliphatic heterocycles. The average Bonchev–Trinajstić information content (AvgIpc) is 1.03. The lowest BCUT2D eigenvalue weighted by atomic mass is 9.99. The van der Waals surface area contributed by atoms with E-state index in [4.69, 9.17) is 37.0 Å². The number of ether oxygens (including phenoxy) is 4. The second kappa shape index (κ2) is 69.1. The first-order valence-electron chi connectivity index (χ1n) is 41.3. The topological polar surface area (TPSA) is 237 Å². The van der Waals surface area contributed by atoms with Gasteiger partial charge in [-0.15, -0.1) is 0 Å². The Morgan fingerprint density at radius 3 is 0.717 bits per heavy atom. The molecule has 0 spiro atoms. The fourth-order valence-electron chi connectivity index (χ4n) is 12.2. The molecule has 0 heterocycles. The number of phosphoric acid groups is 2. The molecule has 0 radical (unpaired) electrons. The van der Waals surface area contributed by atoms with Crippen LogP contribution in [0.4, 0.5) is 0 Å². The smallest absolute Gasteiger partial charge is 0.462 e. The summed E-state index contributed by atoms with van der Waals surface area (Å²) in [6.45, 7) is 14.2. The van der Waals surface area contributed by atoms with Gasteiger partial charge in [-0.2, -0.15) is 0 Å². The number of carbonyl (C=O) groups excluding carboxylic acids is 4. The second-order valence-electron chi connectivity index (χ2n) is 30.2. The molecular formula is C80H156O17P2. The van der Waals surface area contributed by atoms with E-state index < -0.39 is 97.5 Å². The van der Waals surface area contributed by atoms with Crippen molar-refractivity contribution in [1.29, 1.82) is 0 Å². The fraction of sp³-hybridized carbons (Fsp3) is 0.950. The molecule has 0 aromatic heterocycles. The summed E-state index contributed by atoms with van der Waals surface area (Å²) in [6.07, 6.45) is 55.7. The molecule has 17 nitrogen and oxygen atoms in total. The quantitative estimate of drug-likeness (QED) is 0.0222. The summed E-state index contributed by atoms with van der Waals surface area (Å²) < 4.78 is 68.6. The largest absolute Gasteiger partial charge is 0.472 e. The Labute approximate surface area is 607 Å². The zero-order chi connectivity index (χ0) is 73.1. The SMILES string of the molecule is CCC(C)CCCCCCCCCCCCCCCCCCCCC(=O)O[C@H](COC(=O)CCCCCCCCC(C)CC)COP(=O)(O)OC[C@H](O)COP(=O)(O)OC[C@@H](COC(=O)CCCCCCCCCC(C)C)OC(=O)CCCCCCCCCCCCCCCCC(C)C. The molecule has 0 aliphatic rings. The van der Waals surface area contributed by atoms with Gasteiger partial charge in [0.15, 0.2) is 12.2 Å². The van der Waals surface area contributed by atoms with Gasteiger partial charge in [-0.3, -0.25) is 37.3 Å². The Hall–Kier alpha value is -1.94. The molecular weight excluding hydrogens is 1290 g/mol. The van der Waals surface area contributed by atoms with E-state index in [-0.39, 0.29) is 25.7 Å². The molecule has 0 bridgehead atoms. The van der Waals surface area contributed by atoms with Gasteiger partial charge in [-0.25, -0.2) is 9.13 Å². The van der Waals surface area contributed by atoms with E-state index in [0.717, 1.165) is 120 Å². The lowest BCUT2D eigenvalue weighted by molar-refractivity contribution is -0.161. The zero-order valence-corrected chi connectivity index (χ0v) is 66.9. The van der Waals surface area contributed by atoms with E-state index in [1.807, 2.05) is 0 Å². The van der Waals surface area contributed by atoms with Crippen molar-refractivity contribution in [2.24, 2.45) is 23.7 Å². The maximum atomic E-state index is 13.1. The van der Waals surface area contributed by atoms with E-state index >= 15 is 0 Å². The monoisotopic (exact) mass is 1450 g/mol. The predicted molar refractivity (Wildman–Crippen MR) is 404 cm³/mol. The van der Waals surface area contributed by atoms with Gasteiger partial charge in [0, 0.05) is 25.7 Å². The first-order valence-corrected chi connectivity index (χ1v) is 44.3. The maximum absolute atomic E-state index is 13.1. The molecule has 0 amide bonds. The number of aliphatic hydroxyl groups is 1. The Balaban J connectivity index is 5.17. The third-order valence-electron chi connectivity index (χ3n) is 19.3. The van der Waals surface area contributed by atoms with Crippen molar-refractivity contribution in [3.63, 3.8) is 0 Å². The van der Waals surface area contributed by atoms with Crippen molar-refractivity contribution < 1.29 is 80.2 Å². The van der Waals surface area contributed by atoms with Gasteiger partial charge in [0.1, 0.15) is 19.3 Å². The Morgan fingerprint density at radius 1 is 0.283 bits per heavy atom. The molecule has 7 atom stereocenters. The van der Waals surface area contributed by atoms with Crippen LogP contribution in [-0.2, 0) is 65.4 Å². The van der Waals surface area contributed by atoms with Crippen molar-refractivity contribution in [2.75, 3.05) is 39.6 Å². The van der Waals surface area contributed by atoms with Crippen molar-refractivity contribution >= 4 is 39.5 Å². The fourth-order valence-corrected chi connectivity index (χ4v) is 13.8. The van der Waals surface area contributed by atoms with Gasteiger partial charge in [-0.1, -0.05) is 357 Å². The van der Waals surface area contributed by atoms with Gasteiger partial charge in [0.2, 0.25) is 0 Å². The third kappa shape index (κ3) is 71.5. The molecule has 0 saturated heterocycles. The summed E-state index contributed by atoms with van der Waals surface area (Å²) in [7, 11) is -9.92. The minimum atomic E-state index is -4.96. The molecule has 0 saturated carbocycles. The van der Waals surface area contributed by atoms with Crippen LogP contribution in [0.25, 0.3) is 0 Å². The highest BCUT2D eigenvalue weighted by atomic mass is 31.2. The lowest BCUT2D eigenvalue weighted by Gasteiger charge is -2.21. The van der Waals surface area contributed by atoms with E-state index in [2.05, 4.69) is 55.4 Å². The van der Waals surface area contributed by atoms with Crippen LogP contribution in [-0.4, -0.2) is 96.7 Å². The zero-order valence-electron chi connectivity index (χ0n) is 65.1. The van der Waals surface area contributed by atoms with Crippen molar-refractivity contribution in [2.45, 2.75) is 427 Å². The minimum absolute atomic E-state index is 0.106. The number of aliphatic hydroxyl groups excluding tert-OH is 1. The van der Waals surface area contributed by atoms with Crippen LogP contribution < -0.4 is 0 Å². The number of rotatable bonds is 77. The molecule has 0 aliphatic carbocycles. The number of hydrogen-bond donors (Lipinski definition) is 3. The molecule has 0 rings (SSSR count). The third-order valence-corrected chi connectivity index (χ3v) is 21.2. The number of esters is 4. The Bertz CT molecular complexity index is 1940. The van der Waals surface area contributed by atoms with Crippen molar-refractivity contribution in [3.05, 3.63) is 0 Å². The highest BCUT2D eigenvalue weighted by molar-refractivity contribution is 7.47. The van der Waals surface area contributed by atoms with Gasteiger partial charge < -0.3 is 33.8 Å². The number of unbranched alkanes of at least 4 members (excludes halogenated alkanes) is 41.